The van der Waals surface area contributed by atoms with E-state index in [1.54, 1.807) is 0 Å². The number of para-hydroxylation sites is 1. The van der Waals surface area contributed by atoms with E-state index in [2.05, 4.69) is 0 Å². The molecule has 8 nitrogen and oxygen atoms in total. The van der Waals surface area contributed by atoms with Gasteiger partial charge in [0.1, 0.15) is 11.5 Å². The van der Waals surface area contributed by atoms with E-state index in [9.17, 15) is 36.5 Å². The molecule has 0 aliphatic heterocycles. The van der Waals surface area contributed by atoms with Gasteiger partial charge in [-0.05, 0) is 25.1 Å². The largest absolute Gasteiger partial charge is 0.457 e. The maximum absolute atomic E-state index is 15.2. The zero-order chi connectivity index (χ0) is 22.9. The van der Waals surface area contributed by atoms with Crippen molar-refractivity contribution >= 4 is 27.5 Å². The summed E-state index contributed by atoms with van der Waals surface area (Å²) in [5.41, 5.74) is -1.24. The number of carbonyl (C=O) groups excluding carboxylic acids is 1. The molecule has 1 N–H and O–H groups in total. The van der Waals surface area contributed by atoms with Crippen LogP contribution in [0.25, 0.3) is 0 Å². The predicted octanol–water partition coefficient (Wildman–Crippen LogP) is 3.13. The van der Waals surface area contributed by atoms with Crippen LogP contribution >= 0.6 is 11.6 Å². The second kappa shape index (κ2) is 8.22. The quantitative estimate of drug-likeness (QED) is 0.294. The second-order valence-corrected chi connectivity index (χ2v) is 8.41. The molecule has 1 amide bonds. The highest BCUT2D eigenvalue weighted by molar-refractivity contribution is 7.90. The van der Waals surface area contributed by atoms with Crippen molar-refractivity contribution in [3.8, 4) is 5.75 Å². The van der Waals surface area contributed by atoms with Gasteiger partial charge < -0.3 is 4.74 Å². The normalized spacial score (nSPS) is 22.0. The Morgan fingerprint density at radius 2 is 1.97 bits per heavy atom. The molecule has 0 spiro atoms. The first kappa shape index (κ1) is 23.6. The number of allylic oxidation sites excluding steroid dienone is 1. The van der Waals surface area contributed by atoms with Gasteiger partial charge in [0.15, 0.2) is 5.92 Å². The molecule has 1 aliphatic carbocycles. The number of benzene rings is 1. The van der Waals surface area contributed by atoms with Gasteiger partial charge in [0.2, 0.25) is 10.0 Å². The summed E-state index contributed by atoms with van der Waals surface area (Å²) in [4.78, 5) is 21.9. The van der Waals surface area contributed by atoms with Crippen LogP contribution in [0.1, 0.15) is 12.5 Å². The fourth-order valence-corrected chi connectivity index (χ4v) is 3.39. The van der Waals surface area contributed by atoms with E-state index in [0.29, 0.717) is 12.1 Å². The number of nitrogens with zero attached hydrogens (tertiary/aromatic N) is 1. The molecule has 0 bridgehead atoms. The number of ether oxygens (including phenoxy) is 1. The van der Waals surface area contributed by atoms with Gasteiger partial charge in [-0.3, -0.25) is 19.6 Å². The summed E-state index contributed by atoms with van der Waals surface area (Å²) in [5, 5.41) is 10.5. The fraction of sp³-hybridized carbons (Fsp3) is 0.312. The molecule has 1 aliphatic rings. The Balaban J connectivity index is 2.47. The van der Waals surface area contributed by atoms with Crippen molar-refractivity contribution in [2.24, 2.45) is 5.92 Å². The maximum atomic E-state index is 15.2. The average molecular weight is 473 g/mol. The summed E-state index contributed by atoms with van der Waals surface area (Å²) in [6.07, 6.45) is -4.00. The van der Waals surface area contributed by atoms with Crippen LogP contribution in [0.2, 0.25) is 0 Å². The number of alkyl halides is 4. The molecule has 0 aromatic heterocycles. The number of rotatable bonds is 6. The SMILES string of the molecule is CCS(=O)(=O)NC(=O)C1C(Cl)=CC(Oc2ccccc2C(F)(F)F)=CC1(F)[N+](=O)[O-]. The molecule has 2 atom stereocenters. The van der Waals surface area contributed by atoms with Gasteiger partial charge in [-0.2, -0.15) is 17.6 Å². The Bertz CT molecular complexity index is 1040. The Morgan fingerprint density at radius 3 is 2.50 bits per heavy atom. The Hall–Kier alpha value is -2.67. The van der Waals surface area contributed by atoms with Gasteiger partial charge in [-0.15, -0.1) is 0 Å². The van der Waals surface area contributed by atoms with E-state index in [4.69, 9.17) is 16.3 Å². The number of hydrogen-bond donors (Lipinski definition) is 1. The minimum atomic E-state index is -4.84. The molecule has 2 rings (SSSR count). The summed E-state index contributed by atoms with van der Waals surface area (Å²) in [7, 11) is -4.20. The Kier molecular flexibility index (Phi) is 6.47. The summed E-state index contributed by atoms with van der Waals surface area (Å²) < 4.78 is 83.9. The first-order chi connectivity index (χ1) is 13.7. The van der Waals surface area contributed by atoms with Crippen molar-refractivity contribution in [3.63, 3.8) is 0 Å². The van der Waals surface area contributed by atoms with Crippen molar-refractivity contribution in [1.29, 1.82) is 0 Å². The molecule has 0 saturated heterocycles. The van der Waals surface area contributed by atoms with Crippen molar-refractivity contribution < 1.29 is 40.4 Å². The fourth-order valence-electron chi connectivity index (χ4n) is 2.46. The topological polar surface area (TPSA) is 116 Å². The van der Waals surface area contributed by atoms with Crippen LogP contribution in [0.3, 0.4) is 0 Å². The van der Waals surface area contributed by atoms with Crippen LogP contribution in [0.5, 0.6) is 5.75 Å². The average Bonchev–Trinajstić information content (AvgIpc) is 2.60. The van der Waals surface area contributed by atoms with Gasteiger partial charge in [0.25, 0.3) is 5.91 Å². The number of hydrogen-bond acceptors (Lipinski definition) is 6. The van der Waals surface area contributed by atoms with Gasteiger partial charge in [-0.1, -0.05) is 23.7 Å². The number of nitro groups is 1. The van der Waals surface area contributed by atoms with E-state index in [0.717, 1.165) is 19.1 Å². The standard InChI is InChI=1S/C16H13ClF4N2O6S/c1-2-30(27,28)22-14(24)13-11(17)7-9(8-15(13,18)23(25)26)29-12-6-4-3-5-10(12)16(19,20)21/h3-8,13H,2H2,1H3,(H,22,24). The lowest BCUT2D eigenvalue weighted by atomic mass is 9.91. The van der Waals surface area contributed by atoms with Crippen LogP contribution in [0.4, 0.5) is 17.6 Å². The highest BCUT2D eigenvalue weighted by atomic mass is 35.5. The molecule has 0 radical (unpaired) electrons. The van der Waals surface area contributed by atoms with Crippen molar-refractivity contribution in [2.45, 2.75) is 18.9 Å². The number of halogens is 5. The molecule has 30 heavy (non-hydrogen) atoms. The summed E-state index contributed by atoms with van der Waals surface area (Å²) in [6, 6.07) is 3.82. The molecule has 0 fully saturated rings. The van der Waals surface area contributed by atoms with Crippen LogP contribution in [-0.2, 0) is 21.0 Å². The molecule has 0 saturated carbocycles. The molecule has 164 valence electrons. The first-order valence-corrected chi connectivity index (χ1v) is 10.1. The third-order valence-corrected chi connectivity index (χ3v) is 5.50. The minimum absolute atomic E-state index is 0.148. The van der Waals surface area contributed by atoms with E-state index in [-0.39, 0.29) is 6.08 Å². The van der Waals surface area contributed by atoms with Gasteiger partial charge in [0.05, 0.1) is 22.3 Å². The predicted molar refractivity (Wildman–Crippen MR) is 96.0 cm³/mol. The molecule has 0 heterocycles. The first-order valence-electron chi connectivity index (χ1n) is 8.03. The van der Waals surface area contributed by atoms with Crippen LogP contribution in [-0.4, -0.2) is 30.8 Å². The number of carbonyl (C=O) groups is 1. The molecular formula is C16H13ClF4N2O6S. The number of sulfonamides is 1. The van der Waals surface area contributed by atoms with E-state index < -0.39 is 66.6 Å². The van der Waals surface area contributed by atoms with Gasteiger partial charge in [-0.25, -0.2) is 8.42 Å². The highest BCUT2D eigenvalue weighted by Gasteiger charge is 2.58. The number of nitrogens with one attached hydrogen (secondary N) is 1. The molecule has 14 heteroatoms. The zero-order valence-corrected chi connectivity index (χ0v) is 16.5. The third kappa shape index (κ3) is 4.90. The van der Waals surface area contributed by atoms with Crippen LogP contribution in [0, 0.1) is 16.0 Å². The maximum Gasteiger partial charge on any atom is 0.419 e. The van der Waals surface area contributed by atoms with E-state index in [1.165, 1.54) is 10.8 Å². The minimum Gasteiger partial charge on any atom is -0.457 e. The monoisotopic (exact) mass is 472 g/mol. The summed E-state index contributed by atoms with van der Waals surface area (Å²) in [6.45, 7) is 1.16. The van der Waals surface area contributed by atoms with E-state index >= 15 is 4.39 Å². The molecular weight excluding hydrogens is 460 g/mol. The van der Waals surface area contributed by atoms with Crippen molar-refractivity contribution in [1.82, 2.24) is 4.72 Å². The van der Waals surface area contributed by atoms with Crippen LogP contribution in [0.15, 0.2) is 47.2 Å². The molecule has 1 aromatic rings. The lowest BCUT2D eigenvalue weighted by Crippen LogP contribution is -2.51. The van der Waals surface area contributed by atoms with Crippen molar-refractivity contribution in [2.75, 3.05) is 5.75 Å². The number of amides is 1. The Labute approximate surface area is 172 Å². The smallest absolute Gasteiger partial charge is 0.419 e. The summed E-state index contributed by atoms with van der Waals surface area (Å²) in [5.74, 6) is -9.98. The highest BCUT2D eigenvalue weighted by Crippen LogP contribution is 2.41. The lowest BCUT2D eigenvalue weighted by Gasteiger charge is -2.26. The van der Waals surface area contributed by atoms with Gasteiger partial charge in [0, 0.05) is 5.03 Å². The van der Waals surface area contributed by atoms with E-state index in [1.807, 2.05) is 0 Å². The lowest BCUT2D eigenvalue weighted by molar-refractivity contribution is -0.595. The molecule has 2 unspecified atom stereocenters. The van der Waals surface area contributed by atoms with Crippen molar-refractivity contribution in [3.05, 3.63) is 62.9 Å². The van der Waals surface area contributed by atoms with Gasteiger partial charge >= 0.3 is 12.0 Å². The van der Waals surface area contributed by atoms with Crippen LogP contribution < -0.4 is 9.46 Å². The second-order valence-electron chi connectivity index (χ2n) is 5.96. The zero-order valence-electron chi connectivity index (χ0n) is 14.9. The summed E-state index contributed by atoms with van der Waals surface area (Å²) >= 11 is 5.79. The molecule has 1 aromatic carbocycles. The third-order valence-electron chi connectivity index (χ3n) is 3.90. The Morgan fingerprint density at radius 1 is 1.37 bits per heavy atom.